The Kier molecular flexibility index (Phi) is 4.27. The Labute approximate surface area is 117 Å². The summed E-state index contributed by atoms with van der Waals surface area (Å²) in [6.45, 7) is 2.23. The van der Waals surface area contributed by atoms with Crippen molar-refractivity contribution in [2.24, 2.45) is 0 Å². The Bertz CT molecular complexity index is 564. The third-order valence-corrected chi connectivity index (χ3v) is 6.58. The lowest BCUT2D eigenvalue weighted by atomic mass is 10.1. The topological polar surface area (TPSA) is 63.7 Å². The molecule has 1 aromatic rings. The number of nitrogens with zero attached hydrogens (tertiary/aromatic N) is 1. The van der Waals surface area contributed by atoms with E-state index in [0.29, 0.717) is 17.2 Å². The fourth-order valence-electron chi connectivity index (χ4n) is 2.23. The highest BCUT2D eigenvalue weighted by molar-refractivity contribution is 7.91. The third kappa shape index (κ3) is 2.82. The van der Waals surface area contributed by atoms with Gasteiger partial charge in [0.15, 0.2) is 0 Å². The summed E-state index contributed by atoms with van der Waals surface area (Å²) in [7, 11) is -2.31. The predicted octanol–water partition coefficient (Wildman–Crippen LogP) is 1.77. The largest absolute Gasteiger partial charge is 0.468 e. The number of thiophene rings is 1. The van der Waals surface area contributed by atoms with Gasteiger partial charge in [-0.25, -0.2) is 8.42 Å². The number of carbonyl (C=O) groups excluding carboxylic acids is 1. The first-order valence-corrected chi connectivity index (χ1v) is 8.38. The van der Waals surface area contributed by atoms with E-state index in [9.17, 15) is 13.2 Å². The van der Waals surface area contributed by atoms with Gasteiger partial charge in [0.25, 0.3) is 10.0 Å². The normalized spacial score (nSPS) is 21.3. The summed E-state index contributed by atoms with van der Waals surface area (Å²) in [5.74, 6) is -0.475. The molecule has 0 aliphatic carbocycles. The van der Waals surface area contributed by atoms with Gasteiger partial charge < -0.3 is 4.74 Å². The molecule has 1 saturated heterocycles. The van der Waals surface area contributed by atoms with E-state index in [1.807, 2.05) is 6.92 Å². The van der Waals surface area contributed by atoms with E-state index in [1.54, 1.807) is 12.1 Å². The fourth-order valence-corrected chi connectivity index (χ4v) is 5.29. The van der Waals surface area contributed by atoms with Crippen molar-refractivity contribution in [1.82, 2.24) is 4.31 Å². The second kappa shape index (κ2) is 5.60. The van der Waals surface area contributed by atoms with E-state index in [0.717, 1.165) is 17.7 Å². The molecule has 0 spiro atoms. The summed E-state index contributed by atoms with van der Waals surface area (Å²) in [5.41, 5.74) is 0. The van der Waals surface area contributed by atoms with Crippen LogP contribution in [0.2, 0.25) is 0 Å². The average molecular weight is 303 g/mol. The van der Waals surface area contributed by atoms with Gasteiger partial charge in [-0.05, 0) is 38.3 Å². The number of methoxy groups -OCH3 is 1. The van der Waals surface area contributed by atoms with Crippen LogP contribution in [0.15, 0.2) is 16.3 Å². The Balaban J connectivity index is 2.34. The zero-order chi connectivity index (χ0) is 14.0. The molecule has 0 N–H and O–H groups in total. The van der Waals surface area contributed by atoms with Crippen LogP contribution in [0.25, 0.3) is 0 Å². The monoisotopic (exact) mass is 303 g/mol. The summed E-state index contributed by atoms with van der Waals surface area (Å²) in [5, 5.41) is 0. The zero-order valence-electron chi connectivity index (χ0n) is 11.0. The van der Waals surface area contributed by atoms with Crippen LogP contribution in [-0.2, 0) is 19.6 Å². The van der Waals surface area contributed by atoms with Crippen molar-refractivity contribution in [3.63, 3.8) is 0 Å². The van der Waals surface area contributed by atoms with Gasteiger partial charge >= 0.3 is 5.97 Å². The summed E-state index contributed by atoms with van der Waals surface area (Å²) < 4.78 is 31.4. The Morgan fingerprint density at radius 2 is 2.16 bits per heavy atom. The molecule has 5 nitrogen and oxygen atoms in total. The van der Waals surface area contributed by atoms with Crippen molar-refractivity contribution < 1.29 is 17.9 Å². The van der Waals surface area contributed by atoms with Crippen molar-refractivity contribution in [2.45, 2.75) is 36.4 Å². The lowest BCUT2D eigenvalue weighted by Crippen LogP contribution is -2.48. The molecular weight excluding hydrogens is 286 g/mol. The van der Waals surface area contributed by atoms with E-state index in [1.165, 1.54) is 22.8 Å². The average Bonchev–Trinajstić information content (AvgIpc) is 2.85. The van der Waals surface area contributed by atoms with Crippen molar-refractivity contribution >= 4 is 27.3 Å². The van der Waals surface area contributed by atoms with Crippen LogP contribution in [0, 0.1) is 6.92 Å². The van der Waals surface area contributed by atoms with Gasteiger partial charge in [-0.15, -0.1) is 11.3 Å². The molecule has 0 amide bonds. The zero-order valence-corrected chi connectivity index (χ0v) is 12.6. The second-order valence-electron chi connectivity index (χ2n) is 4.52. The molecule has 1 aliphatic rings. The van der Waals surface area contributed by atoms with Crippen LogP contribution in [0.3, 0.4) is 0 Å². The summed E-state index contributed by atoms with van der Waals surface area (Å²) in [6.07, 6.45) is 2.14. The fraction of sp³-hybridized carbons (Fsp3) is 0.583. The smallest absolute Gasteiger partial charge is 0.324 e. The maximum absolute atomic E-state index is 12.6. The van der Waals surface area contributed by atoms with Gasteiger partial charge in [0.05, 0.1) is 7.11 Å². The minimum Gasteiger partial charge on any atom is -0.468 e. The maximum atomic E-state index is 12.6. The van der Waals surface area contributed by atoms with Crippen LogP contribution in [0.4, 0.5) is 0 Å². The molecule has 7 heteroatoms. The van der Waals surface area contributed by atoms with Gasteiger partial charge in [0.1, 0.15) is 10.3 Å². The Morgan fingerprint density at radius 1 is 1.42 bits per heavy atom. The standard InChI is InChI=1S/C12H17NO4S2/c1-9-6-7-11(18-9)19(15,16)13-8-4-3-5-10(13)12(14)17-2/h6-7,10H,3-5,8H2,1-2H3. The van der Waals surface area contributed by atoms with Crippen LogP contribution in [0.1, 0.15) is 24.1 Å². The summed E-state index contributed by atoms with van der Waals surface area (Å²) in [6, 6.07) is 2.68. The number of hydrogen-bond donors (Lipinski definition) is 0. The van der Waals surface area contributed by atoms with Gasteiger partial charge in [-0.2, -0.15) is 4.31 Å². The minimum absolute atomic E-state index is 0.292. The molecule has 1 fully saturated rings. The first-order chi connectivity index (χ1) is 8.96. The number of sulfonamides is 1. The van der Waals surface area contributed by atoms with E-state index in [4.69, 9.17) is 4.74 Å². The molecule has 0 saturated carbocycles. The Morgan fingerprint density at radius 3 is 2.74 bits per heavy atom. The first-order valence-electron chi connectivity index (χ1n) is 6.13. The van der Waals surface area contributed by atoms with Gasteiger partial charge in [-0.3, -0.25) is 4.79 Å². The quantitative estimate of drug-likeness (QED) is 0.798. The lowest BCUT2D eigenvalue weighted by molar-refractivity contribution is -0.146. The van der Waals surface area contributed by atoms with Crippen molar-refractivity contribution in [3.8, 4) is 0 Å². The molecule has 1 atom stereocenters. The highest BCUT2D eigenvalue weighted by Gasteiger charge is 2.38. The van der Waals surface area contributed by atoms with E-state index < -0.39 is 22.0 Å². The lowest BCUT2D eigenvalue weighted by Gasteiger charge is -2.32. The number of esters is 1. The van der Waals surface area contributed by atoms with E-state index >= 15 is 0 Å². The molecule has 106 valence electrons. The maximum Gasteiger partial charge on any atom is 0.324 e. The summed E-state index contributed by atoms with van der Waals surface area (Å²) in [4.78, 5) is 12.7. The van der Waals surface area contributed by atoms with Crippen LogP contribution in [-0.4, -0.2) is 38.4 Å². The van der Waals surface area contributed by atoms with E-state index in [-0.39, 0.29) is 0 Å². The summed E-state index contributed by atoms with van der Waals surface area (Å²) >= 11 is 1.23. The van der Waals surface area contributed by atoms with E-state index in [2.05, 4.69) is 0 Å². The number of ether oxygens (including phenoxy) is 1. The molecule has 2 rings (SSSR count). The first kappa shape index (κ1) is 14.5. The number of rotatable bonds is 3. The minimum atomic E-state index is -3.59. The number of aryl methyl sites for hydroxylation is 1. The predicted molar refractivity (Wildman–Crippen MR) is 72.6 cm³/mol. The van der Waals surface area contributed by atoms with Crippen molar-refractivity contribution in [1.29, 1.82) is 0 Å². The van der Waals surface area contributed by atoms with Crippen LogP contribution < -0.4 is 0 Å². The Hall–Kier alpha value is -0.920. The molecule has 0 aromatic carbocycles. The molecular formula is C12H17NO4S2. The molecule has 1 aliphatic heterocycles. The number of piperidine rings is 1. The van der Waals surface area contributed by atoms with Gasteiger partial charge in [-0.1, -0.05) is 0 Å². The molecule has 19 heavy (non-hydrogen) atoms. The van der Waals surface area contributed by atoms with Crippen LogP contribution in [0.5, 0.6) is 0 Å². The molecule has 0 radical (unpaired) electrons. The number of carbonyl (C=O) groups is 1. The molecule has 1 unspecified atom stereocenters. The van der Waals surface area contributed by atoms with Gasteiger partial charge in [0.2, 0.25) is 0 Å². The SMILES string of the molecule is COC(=O)C1CCCCN1S(=O)(=O)c1ccc(C)s1. The van der Waals surface area contributed by atoms with Crippen molar-refractivity contribution in [3.05, 3.63) is 17.0 Å². The number of hydrogen-bond acceptors (Lipinski definition) is 5. The molecule has 1 aromatic heterocycles. The third-order valence-electron chi connectivity index (χ3n) is 3.21. The van der Waals surface area contributed by atoms with Gasteiger partial charge in [0, 0.05) is 11.4 Å². The highest BCUT2D eigenvalue weighted by Crippen LogP contribution is 2.29. The second-order valence-corrected chi connectivity index (χ2v) is 7.92. The molecule has 0 bridgehead atoms. The van der Waals surface area contributed by atoms with Crippen molar-refractivity contribution in [2.75, 3.05) is 13.7 Å². The highest BCUT2D eigenvalue weighted by atomic mass is 32.2. The van der Waals surface area contributed by atoms with Crippen LogP contribution >= 0.6 is 11.3 Å². The molecule has 2 heterocycles.